The molecule has 1 aliphatic heterocycles. The predicted molar refractivity (Wildman–Crippen MR) is 84.2 cm³/mol. The van der Waals surface area contributed by atoms with Crippen LogP contribution < -0.4 is 15.5 Å². The van der Waals surface area contributed by atoms with Crippen LogP contribution >= 0.6 is 0 Å². The van der Waals surface area contributed by atoms with Crippen molar-refractivity contribution in [2.75, 3.05) is 37.6 Å². The van der Waals surface area contributed by atoms with Crippen LogP contribution in [0.25, 0.3) is 0 Å². The van der Waals surface area contributed by atoms with Gasteiger partial charge in [0.05, 0.1) is 18.4 Å². The molecule has 0 aromatic carbocycles. The van der Waals surface area contributed by atoms with Gasteiger partial charge in [-0.3, -0.25) is 24.5 Å². The molecule has 1 aromatic rings. The SMILES string of the molecule is Cn1cc(N2CCN(CCC(=O)NC(=O)NCC(F)(F)F)CC2=O)cn1. The Morgan fingerprint density at radius 1 is 1.31 bits per heavy atom. The molecule has 0 atom stereocenters. The lowest BCUT2D eigenvalue weighted by molar-refractivity contribution is -0.125. The Morgan fingerprint density at radius 2 is 2.04 bits per heavy atom. The number of aryl methyl sites for hydroxylation is 1. The van der Waals surface area contributed by atoms with Crippen molar-refractivity contribution < 1.29 is 27.6 Å². The molecule has 1 saturated heterocycles. The lowest BCUT2D eigenvalue weighted by Gasteiger charge is -2.33. The van der Waals surface area contributed by atoms with Gasteiger partial charge in [0.15, 0.2) is 0 Å². The Hall–Kier alpha value is -2.63. The molecule has 0 saturated carbocycles. The molecule has 1 aliphatic rings. The van der Waals surface area contributed by atoms with Gasteiger partial charge in [-0.15, -0.1) is 0 Å². The molecular weight excluding hydrogens is 357 g/mol. The molecule has 9 nitrogen and oxygen atoms in total. The van der Waals surface area contributed by atoms with Crippen molar-refractivity contribution in [1.29, 1.82) is 0 Å². The third kappa shape index (κ3) is 6.02. The first-order valence-electron chi connectivity index (χ1n) is 7.80. The first kappa shape index (κ1) is 19.7. The van der Waals surface area contributed by atoms with Crippen molar-refractivity contribution in [1.82, 2.24) is 25.3 Å². The van der Waals surface area contributed by atoms with E-state index in [1.165, 1.54) is 0 Å². The van der Waals surface area contributed by atoms with Gasteiger partial charge in [-0.25, -0.2) is 4.79 Å². The number of urea groups is 1. The number of imide groups is 1. The highest BCUT2D eigenvalue weighted by Crippen LogP contribution is 2.16. The van der Waals surface area contributed by atoms with Gasteiger partial charge in [0.1, 0.15) is 6.54 Å². The summed E-state index contributed by atoms with van der Waals surface area (Å²) >= 11 is 0. The van der Waals surface area contributed by atoms with Crippen LogP contribution in [0.2, 0.25) is 0 Å². The number of carbonyl (C=O) groups excluding carboxylic acids is 3. The number of aromatic nitrogens is 2. The van der Waals surface area contributed by atoms with E-state index in [1.54, 1.807) is 39.2 Å². The topological polar surface area (TPSA) is 99.6 Å². The van der Waals surface area contributed by atoms with Gasteiger partial charge in [0, 0.05) is 39.3 Å². The minimum atomic E-state index is -4.55. The maximum Gasteiger partial charge on any atom is 0.405 e. The van der Waals surface area contributed by atoms with E-state index in [2.05, 4.69) is 5.10 Å². The Bertz CT molecular complexity index is 675. The number of piperazine rings is 1. The number of rotatable bonds is 5. The van der Waals surface area contributed by atoms with Gasteiger partial charge in [-0.1, -0.05) is 0 Å². The van der Waals surface area contributed by atoms with E-state index in [1.807, 2.05) is 5.32 Å². The van der Waals surface area contributed by atoms with Crippen LogP contribution in [0.1, 0.15) is 6.42 Å². The Balaban J connectivity index is 1.71. The van der Waals surface area contributed by atoms with E-state index < -0.39 is 24.7 Å². The van der Waals surface area contributed by atoms with Crippen LogP contribution in [0.3, 0.4) is 0 Å². The third-order valence-electron chi connectivity index (χ3n) is 3.66. The molecule has 1 fully saturated rings. The van der Waals surface area contributed by atoms with Crippen LogP contribution in [-0.2, 0) is 16.6 Å². The largest absolute Gasteiger partial charge is 0.405 e. The highest BCUT2D eigenvalue weighted by Gasteiger charge is 2.28. The molecular formula is C14H19F3N6O3. The fourth-order valence-electron chi connectivity index (χ4n) is 2.41. The van der Waals surface area contributed by atoms with Gasteiger partial charge in [0.2, 0.25) is 11.8 Å². The normalized spacial score (nSPS) is 15.8. The number of halogens is 3. The smallest absolute Gasteiger partial charge is 0.329 e. The van der Waals surface area contributed by atoms with Crippen LogP contribution in [0, 0.1) is 0 Å². The number of amides is 4. The van der Waals surface area contributed by atoms with E-state index >= 15 is 0 Å². The van der Waals surface area contributed by atoms with Gasteiger partial charge >= 0.3 is 12.2 Å². The van der Waals surface area contributed by atoms with E-state index in [-0.39, 0.29) is 25.4 Å². The number of hydrogen-bond acceptors (Lipinski definition) is 5. The van der Waals surface area contributed by atoms with E-state index in [0.29, 0.717) is 18.8 Å². The summed E-state index contributed by atoms with van der Waals surface area (Å²) in [5, 5.41) is 7.38. The highest BCUT2D eigenvalue weighted by atomic mass is 19.4. The molecule has 144 valence electrons. The summed E-state index contributed by atoms with van der Waals surface area (Å²) < 4.78 is 37.5. The first-order valence-corrected chi connectivity index (χ1v) is 7.80. The molecule has 2 rings (SSSR count). The number of nitrogens with one attached hydrogen (secondary N) is 2. The molecule has 26 heavy (non-hydrogen) atoms. The van der Waals surface area contributed by atoms with Crippen LogP contribution in [0.15, 0.2) is 12.4 Å². The van der Waals surface area contributed by atoms with Crippen molar-refractivity contribution in [3.8, 4) is 0 Å². The highest BCUT2D eigenvalue weighted by molar-refractivity contribution is 5.96. The molecule has 0 radical (unpaired) electrons. The van der Waals surface area contributed by atoms with Crippen molar-refractivity contribution in [3.05, 3.63) is 12.4 Å². The lowest BCUT2D eigenvalue weighted by Crippen LogP contribution is -2.51. The summed E-state index contributed by atoms with van der Waals surface area (Å²) in [6, 6.07) is -1.20. The maximum atomic E-state index is 12.2. The lowest BCUT2D eigenvalue weighted by atomic mass is 10.2. The monoisotopic (exact) mass is 376 g/mol. The zero-order valence-corrected chi connectivity index (χ0v) is 14.0. The second-order valence-electron chi connectivity index (χ2n) is 5.79. The Kier molecular flexibility index (Phi) is 6.18. The number of anilines is 1. The zero-order valence-electron chi connectivity index (χ0n) is 14.0. The van der Waals surface area contributed by atoms with Crippen molar-refractivity contribution in [2.45, 2.75) is 12.6 Å². The Labute approximate surface area is 147 Å². The van der Waals surface area contributed by atoms with E-state index in [4.69, 9.17) is 0 Å². The van der Waals surface area contributed by atoms with Gasteiger partial charge in [0.25, 0.3) is 0 Å². The summed E-state index contributed by atoms with van der Waals surface area (Å²) in [5.41, 5.74) is 0.691. The average molecular weight is 376 g/mol. The molecule has 2 N–H and O–H groups in total. The predicted octanol–water partition coefficient (Wildman–Crippen LogP) is -0.153. The number of nitrogens with zero attached hydrogens (tertiary/aromatic N) is 4. The van der Waals surface area contributed by atoms with Crippen LogP contribution in [0.5, 0.6) is 0 Å². The second kappa shape index (κ2) is 8.17. The molecule has 0 spiro atoms. The summed E-state index contributed by atoms with van der Waals surface area (Å²) in [5.74, 6) is -0.862. The minimum absolute atomic E-state index is 0.0996. The molecule has 1 aromatic heterocycles. The van der Waals surface area contributed by atoms with Crippen LogP contribution in [-0.4, -0.2) is 71.4 Å². The molecule has 0 aliphatic carbocycles. The molecule has 0 bridgehead atoms. The molecule has 0 unspecified atom stereocenters. The third-order valence-corrected chi connectivity index (χ3v) is 3.66. The second-order valence-corrected chi connectivity index (χ2v) is 5.79. The molecule has 4 amide bonds. The summed E-state index contributed by atoms with van der Waals surface area (Å²) in [7, 11) is 1.74. The standard InChI is InChI=1S/C14H19F3N6O3/c1-21-7-10(6-19-21)23-5-4-22(8-12(23)25)3-2-11(24)20-13(26)18-9-14(15,16)17/h6-7H,2-5,8-9H2,1H3,(H2,18,20,24,26). The van der Waals surface area contributed by atoms with Crippen molar-refractivity contribution >= 4 is 23.5 Å². The van der Waals surface area contributed by atoms with Gasteiger partial charge in [-0.05, 0) is 0 Å². The van der Waals surface area contributed by atoms with E-state index in [0.717, 1.165) is 0 Å². The average Bonchev–Trinajstić information content (AvgIpc) is 2.96. The van der Waals surface area contributed by atoms with Gasteiger partial charge in [-0.2, -0.15) is 18.3 Å². The summed E-state index contributed by atoms with van der Waals surface area (Å²) in [6.45, 7) is -0.253. The fraction of sp³-hybridized carbons (Fsp3) is 0.571. The first-order chi connectivity index (χ1) is 12.1. The van der Waals surface area contributed by atoms with E-state index in [9.17, 15) is 27.6 Å². The number of carbonyl (C=O) groups is 3. The van der Waals surface area contributed by atoms with Gasteiger partial charge < -0.3 is 10.2 Å². The molecule has 2 heterocycles. The molecule has 12 heteroatoms. The maximum absolute atomic E-state index is 12.2. The van der Waals surface area contributed by atoms with Crippen LogP contribution in [0.4, 0.5) is 23.7 Å². The number of hydrogen-bond donors (Lipinski definition) is 2. The van der Waals surface area contributed by atoms with Crippen molar-refractivity contribution in [3.63, 3.8) is 0 Å². The number of alkyl halides is 3. The Morgan fingerprint density at radius 3 is 2.62 bits per heavy atom. The quantitative estimate of drug-likeness (QED) is 0.745. The minimum Gasteiger partial charge on any atom is -0.329 e. The van der Waals surface area contributed by atoms with Crippen molar-refractivity contribution in [2.24, 2.45) is 7.05 Å². The fourth-order valence-corrected chi connectivity index (χ4v) is 2.41. The summed E-state index contributed by atoms with van der Waals surface area (Å²) in [4.78, 5) is 38.3. The zero-order chi connectivity index (χ0) is 19.3. The summed E-state index contributed by atoms with van der Waals surface area (Å²) in [6.07, 6.45) is -1.35.